The second-order valence-corrected chi connectivity index (χ2v) is 10.8. The molecule has 2 aliphatic rings. The molecule has 3 unspecified atom stereocenters. The van der Waals surface area contributed by atoms with E-state index in [9.17, 15) is 0 Å². The fraction of sp³-hybridized carbons (Fsp3) is 1.00. The van der Waals surface area contributed by atoms with Crippen molar-refractivity contribution in [1.29, 1.82) is 0 Å². The molecule has 0 N–H and O–H groups in total. The number of hydrogen-bond donors (Lipinski definition) is 0. The summed E-state index contributed by atoms with van der Waals surface area (Å²) < 4.78 is 0. The summed E-state index contributed by atoms with van der Waals surface area (Å²) in [5.41, 5.74) is 1.73. The molecule has 130 valence electrons. The van der Waals surface area contributed by atoms with E-state index in [1.165, 1.54) is 44.9 Å². The molecule has 0 aliphatic heterocycles. The normalized spacial score (nSPS) is 37.9. The van der Waals surface area contributed by atoms with Gasteiger partial charge in [-0.3, -0.25) is 0 Å². The minimum absolute atomic E-state index is 0.512. The molecule has 2 saturated carbocycles. The van der Waals surface area contributed by atoms with Crippen molar-refractivity contribution in [1.82, 2.24) is 0 Å². The Hall–Kier alpha value is 0. The summed E-state index contributed by atoms with van der Waals surface area (Å²) in [5.74, 6) is 3.79. The van der Waals surface area contributed by atoms with E-state index in [-0.39, 0.29) is 0 Å². The molecule has 2 fully saturated rings. The maximum atomic E-state index is 2.57. The Morgan fingerprint density at radius 1 is 0.955 bits per heavy atom. The average molecular weight is 307 g/mol. The molecule has 2 aliphatic carbocycles. The van der Waals surface area contributed by atoms with Crippen LogP contribution >= 0.6 is 0 Å². The third-order valence-electron chi connectivity index (χ3n) is 8.26. The first-order chi connectivity index (χ1) is 10.0. The Labute approximate surface area is 140 Å². The molecule has 2 rings (SSSR count). The number of rotatable bonds is 5. The molecule has 3 atom stereocenters. The van der Waals surface area contributed by atoms with Crippen molar-refractivity contribution in [2.24, 2.45) is 39.9 Å². The lowest BCUT2D eigenvalue weighted by atomic mass is 9.60. The van der Waals surface area contributed by atoms with Gasteiger partial charge in [0.1, 0.15) is 0 Å². The molecule has 0 nitrogen and oxygen atoms in total. The van der Waals surface area contributed by atoms with Crippen molar-refractivity contribution in [3.63, 3.8) is 0 Å². The summed E-state index contributed by atoms with van der Waals surface area (Å²) >= 11 is 0. The van der Waals surface area contributed by atoms with Crippen molar-refractivity contribution >= 4 is 0 Å². The molecule has 0 aromatic carbocycles. The maximum Gasteiger partial charge on any atom is -0.0297 e. The highest BCUT2D eigenvalue weighted by atomic mass is 14.5. The van der Waals surface area contributed by atoms with Crippen LogP contribution in [0.3, 0.4) is 0 Å². The highest BCUT2D eigenvalue weighted by molar-refractivity contribution is 5.00. The molecule has 0 aromatic rings. The van der Waals surface area contributed by atoms with Crippen LogP contribution in [0.15, 0.2) is 0 Å². The van der Waals surface area contributed by atoms with Gasteiger partial charge in [0.15, 0.2) is 0 Å². The van der Waals surface area contributed by atoms with Crippen molar-refractivity contribution < 1.29 is 0 Å². The van der Waals surface area contributed by atoms with Gasteiger partial charge in [0.2, 0.25) is 0 Å². The van der Waals surface area contributed by atoms with Crippen molar-refractivity contribution in [2.45, 2.75) is 100 Å². The first-order valence-electron chi connectivity index (χ1n) is 10.0. The van der Waals surface area contributed by atoms with Crippen LogP contribution in [-0.4, -0.2) is 0 Å². The monoisotopic (exact) mass is 306 g/mol. The van der Waals surface area contributed by atoms with Crippen molar-refractivity contribution in [3.05, 3.63) is 0 Å². The summed E-state index contributed by atoms with van der Waals surface area (Å²) in [4.78, 5) is 0. The van der Waals surface area contributed by atoms with Gasteiger partial charge in [-0.05, 0) is 78.4 Å². The zero-order valence-corrected chi connectivity index (χ0v) is 16.8. The van der Waals surface area contributed by atoms with Gasteiger partial charge in [0.25, 0.3) is 0 Å². The number of hydrogen-bond acceptors (Lipinski definition) is 0. The third kappa shape index (κ3) is 3.73. The van der Waals surface area contributed by atoms with E-state index in [4.69, 9.17) is 0 Å². The second-order valence-electron chi connectivity index (χ2n) is 10.8. The Bertz CT molecular complexity index is 364. The van der Waals surface area contributed by atoms with Gasteiger partial charge in [-0.1, -0.05) is 61.8 Å². The van der Waals surface area contributed by atoms with E-state index < -0.39 is 0 Å². The lowest BCUT2D eigenvalue weighted by Gasteiger charge is -2.46. The molecule has 0 radical (unpaired) electrons. The summed E-state index contributed by atoms with van der Waals surface area (Å²) in [6, 6.07) is 0. The lowest BCUT2D eigenvalue weighted by Crippen LogP contribution is -2.36. The first kappa shape index (κ1) is 18.3. The molecule has 0 aromatic heterocycles. The molecular formula is C22H42. The van der Waals surface area contributed by atoms with E-state index >= 15 is 0 Å². The molecule has 22 heavy (non-hydrogen) atoms. The highest BCUT2D eigenvalue weighted by Gasteiger charge is 2.50. The van der Waals surface area contributed by atoms with Crippen LogP contribution in [0.5, 0.6) is 0 Å². The minimum Gasteiger partial charge on any atom is -0.0649 e. The molecule has 0 heteroatoms. The predicted molar refractivity (Wildman–Crippen MR) is 99.0 cm³/mol. The fourth-order valence-corrected chi connectivity index (χ4v) is 5.14. The standard InChI is InChI=1S/C22H42/c1-9-22(8)15-19(22)14-16(2)21(6,7)18-12-10-17(11-13-18)20(3,4)5/h16-19H,9-15H2,1-8H3. The van der Waals surface area contributed by atoms with Gasteiger partial charge in [-0.15, -0.1) is 0 Å². The smallest absolute Gasteiger partial charge is 0.0297 e. The van der Waals surface area contributed by atoms with Crippen molar-refractivity contribution in [3.8, 4) is 0 Å². The van der Waals surface area contributed by atoms with E-state index in [0.717, 1.165) is 23.7 Å². The van der Waals surface area contributed by atoms with Crippen LogP contribution in [0.25, 0.3) is 0 Å². The van der Waals surface area contributed by atoms with Crippen LogP contribution in [0.4, 0.5) is 0 Å². The van der Waals surface area contributed by atoms with Crippen LogP contribution in [-0.2, 0) is 0 Å². The van der Waals surface area contributed by atoms with Gasteiger partial charge >= 0.3 is 0 Å². The molecule has 0 spiro atoms. The van der Waals surface area contributed by atoms with E-state index in [2.05, 4.69) is 55.4 Å². The molecule has 0 amide bonds. The molecular weight excluding hydrogens is 264 g/mol. The van der Waals surface area contributed by atoms with Gasteiger partial charge in [-0.2, -0.15) is 0 Å². The van der Waals surface area contributed by atoms with Gasteiger partial charge < -0.3 is 0 Å². The molecule has 0 saturated heterocycles. The Morgan fingerprint density at radius 2 is 1.45 bits per heavy atom. The second kappa shape index (κ2) is 6.14. The highest BCUT2D eigenvalue weighted by Crippen LogP contribution is 2.59. The predicted octanol–water partition coefficient (Wildman–Crippen LogP) is 7.33. The van der Waals surface area contributed by atoms with Gasteiger partial charge in [0, 0.05) is 0 Å². The third-order valence-corrected chi connectivity index (χ3v) is 8.26. The lowest BCUT2D eigenvalue weighted by molar-refractivity contribution is 0.0456. The first-order valence-corrected chi connectivity index (χ1v) is 10.0. The van der Waals surface area contributed by atoms with E-state index in [0.29, 0.717) is 16.2 Å². The molecule has 0 heterocycles. The Kier molecular flexibility index (Phi) is 5.12. The zero-order valence-electron chi connectivity index (χ0n) is 16.8. The fourth-order valence-electron chi connectivity index (χ4n) is 5.14. The zero-order chi connectivity index (χ0) is 16.8. The topological polar surface area (TPSA) is 0 Å². The summed E-state index contributed by atoms with van der Waals surface area (Å²) in [6.45, 7) is 19.9. The maximum absolute atomic E-state index is 2.57. The van der Waals surface area contributed by atoms with Crippen molar-refractivity contribution in [2.75, 3.05) is 0 Å². The minimum atomic E-state index is 0.512. The van der Waals surface area contributed by atoms with Crippen LogP contribution < -0.4 is 0 Å². The average Bonchev–Trinajstić information content (AvgIpc) is 3.09. The van der Waals surface area contributed by atoms with Crippen LogP contribution in [0.2, 0.25) is 0 Å². The van der Waals surface area contributed by atoms with Gasteiger partial charge in [0.05, 0.1) is 0 Å². The summed E-state index contributed by atoms with van der Waals surface area (Å²) in [7, 11) is 0. The SMILES string of the molecule is CCC1(C)CC1CC(C)C(C)(C)C1CCC(C(C)(C)C)CC1. The van der Waals surface area contributed by atoms with Gasteiger partial charge in [-0.25, -0.2) is 0 Å². The quantitative estimate of drug-likeness (QED) is 0.499. The van der Waals surface area contributed by atoms with E-state index in [1.54, 1.807) is 0 Å². The largest absolute Gasteiger partial charge is 0.0649 e. The molecule has 0 bridgehead atoms. The van der Waals surface area contributed by atoms with E-state index in [1.807, 2.05) is 0 Å². The summed E-state index contributed by atoms with van der Waals surface area (Å²) in [5, 5.41) is 0. The van der Waals surface area contributed by atoms with Crippen LogP contribution in [0.1, 0.15) is 100 Å². The summed E-state index contributed by atoms with van der Waals surface area (Å²) in [6.07, 6.45) is 10.2. The Balaban J connectivity index is 1.88. The van der Waals surface area contributed by atoms with Crippen LogP contribution in [0, 0.1) is 39.9 Å². The Morgan fingerprint density at radius 3 is 1.86 bits per heavy atom.